The fraction of sp³-hybridized carbons (Fsp3) is 0.522. The van der Waals surface area contributed by atoms with Gasteiger partial charge in [0, 0.05) is 6.42 Å². The van der Waals surface area contributed by atoms with E-state index in [1.165, 1.54) is 23.8 Å². The maximum Gasteiger partial charge on any atom is 0.166 e. The zero-order valence-corrected chi connectivity index (χ0v) is 16.2. The quantitative estimate of drug-likeness (QED) is 0.354. The number of benzene rings is 2. The van der Waals surface area contributed by atoms with Gasteiger partial charge in [-0.25, -0.2) is 0 Å². The van der Waals surface area contributed by atoms with Gasteiger partial charge in [-0.2, -0.15) is 0 Å². The van der Waals surface area contributed by atoms with Crippen molar-refractivity contribution in [3.8, 4) is 5.75 Å². The first-order valence-electron chi connectivity index (χ1n) is 9.82. The number of carbonyl (C=O) groups is 1. The normalized spacial score (nSPS) is 11.2. The van der Waals surface area contributed by atoms with Crippen LogP contribution in [-0.2, 0) is 6.42 Å². The van der Waals surface area contributed by atoms with Crippen LogP contribution < -0.4 is 4.74 Å². The molecule has 0 bridgehead atoms. The zero-order valence-electron chi connectivity index (χ0n) is 16.2. The van der Waals surface area contributed by atoms with Gasteiger partial charge in [0.1, 0.15) is 5.75 Å². The summed E-state index contributed by atoms with van der Waals surface area (Å²) in [5.41, 5.74) is 2.01. The lowest BCUT2D eigenvalue weighted by atomic mass is 9.90. The fourth-order valence-electron chi connectivity index (χ4n) is 3.32. The number of Topliss-reactive ketones (excluding diaryl/α,β-unsaturated/α-hetero) is 1. The number of hydrogen-bond donors (Lipinski definition) is 0. The van der Waals surface area contributed by atoms with Crippen molar-refractivity contribution in [1.82, 2.24) is 0 Å². The molecule has 0 saturated carbocycles. The van der Waals surface area contributed by atoms with Crippen LogP contribution in [0, 0.1) is 0 Å². The van der Waals surface area contributed by atoms with Crippen molar-refractivity contribution in [2.45, 2.75) is 78.7 Å². The summed E-state index contributed by atoms with van der Waals surface area (Å²) in [6, 6.07) is 10.4. The first-order chi connectivity index (χ1) is 12.1. The lowest BCUT2D eigenvalue weighted by Crippen LogP contribution is -2.13. The van der Waals surface area contributed by atoms with Gasteiger partial charge in [-0.05, 0) is 55.5 Å². The molecule has 0 fully saturated rings. The molecule has 0 saturated heterocycles. The largest absolute Gasteiger partial charge is 0.490 e. The Morgan fingerprint density at radius 1 is 1.04 bits per heavy atom. The number of ketones is 1. The van der Waals surface area contributed by atoms with Crippen molar-refractivity contribution in [1.29, 1.82) is 0 Å². The molecule has 0 aliphatic carbocycles. The Bertz CT molecular complexity index is 701. The average molecular weight is 341 g/mol. The van der Waals surface area contributed by atoms with Crippen molar-refractivity contribution in [2.75, 3.05) is 0 Å². The maximum absolute atomic E-state index is 13.0. The highest BCUT2D eigenvalue weighted by molar-refractivity contribution is 6.05. The minimum Gasteiger partial charge on any atom is -0.490 e. The number of aryl methyl sites for hydroxylation is 1. The smallest absolute Gasteiger partial charge is 0.166 e. The molecular formula is C23H32O2. The SMILES string of the molecule is CCCCCc1c(C(=O)CCCC)c(OC(C)C)cc2ccccc12. The van der Waals surface area contributed by atoms with E-state index in [1.54, 1.807) is 0 Å². The molecule has 0 atom stereocenters. The maximum atomic E-state index is 13.0. The molecular weight excluding hydrogens is 308 g/mol. The van der Waals surface area contributed by atoms with Crippen molar-refractivity contribution in [2.24, 2.45) is 0 Å². The van der Waals surface area contributed by atoms with Crippen molar-refractivity contribution < 1.29 is 9.53 Å². The summed E-state index contributed by atoms with van der Waals surface area (Å²) >= 11 is 0. The molecule has 2 heteroatoms. The summed E-state index contributed by atoms with van der Waals surface area (Å²) in [6.45, 7) is 8.38. The first-order valence-corrected chi connectivity index (χ1v) is 9.82. The number of hydrogen-bond acceptors (Lipinski definition) is 2. The first kappa shape index (κ1) is 19.5. The monoisotopic (exact) mass is 340 g/mol. The van der Waals surface area contributed by atoms with Gasteiger partial charge in [0.2, 0.25) is 0 Å². The van der Waals surface area contributed by atoms with Gasteiger partial charge >= 0.3 is 0 Å². The van der Waals surface area contributed by atoms with E-state index in [4.69, 9.17) is 4.74 Å². The third kappa shape index (κ3) is 5.07. The molecule has 0 heterocycles. The van der Waals surface area contributed by atoms with E-state index in [2.05, 4.69) is 44.2 Å². The molecule has 0 unspecified atom stereocenters. The topological polar surface area (TPSA) is 26.3 Å². The second-order valence-electron chi connectivity index (χ2n) is 7.10. The van der Waals surface area contributed by atoms with E-state index >= 15 is 0 Å². The molecule has 0 radical (unpaired) electrons. The van der Waals surface area contributed by atoms with Gasteiger partial charge in [0.15, 0.2) is 5.78 Å². The molecule has 136 valence electrons. The minimum atomic E-state index is 0.0578. The second-order valence-corrected chi connectivity index (χ2v) is 7.10. The number of unbranched alkanes of at least 4 members (excludes halogenated alkanes) is 3. The summed E-state index contributed by atoms with van der Waals surface area (Å²) in [5.74, 6) is 0.996. The Labute approximate surface area is 152 Å². The Morgan fingerprint density at radius 3 is 2.44 bits per heavy atom. The number of ether oxygens (including phenoxy) is 1. The zero-order chi connectivity index (χ0) is 18.2. The standard InChI is InChI=1S/C23H32O2/c1-5-7-9-14-20-19-13-11-10-12-18(19)16-22(25-17(3)4)23(20)21(24)15-8-6-2/h10-13,16-17H,5-9,14-15H2,1-4H3. The Balaban J connectivity index is 2.59. The van der Waals surface area contributed by atoms with Gasteiger partial charge in [-0.3, -0.25) is 4.79 Å². The van der Waals surface area contributed by atoms with Crippen LogP contribution in [0.3, 0.4) is 0 Å². The van der Waals surface area contributed by atoms with Crippen molar-refractivity contribution in [3.05, 3.63) is 41.5 Å². The van der Waals surface area contributed by atoms with E-state index in [1.807, 2.05) is 13.8 Å². The Kier molecular flexibility index (Phi) is 7.49. The van der Waals surface area contributed by atoms with E-state index in [9.17, 15) is 4.79 Å². The van der Waals surface area contributed by atoms with Crippen LogP contribution in [-0.4, -0.2) is 11.9 Å². The van der Waals surface area contributed by atoms with Crippen LogP contribution in [0.1, 0.15) is 82.1 Å². The highest BCUT2D eigenvalue weighted by Gasteiger charge is 2.20. The summed E-state index contributed by atoms with van der Waals surface area (Å²) in [7, 11) is 0. The van der Waals surface area contributed by atoms with Crippen molar-refractivity contribution >= 4 is 16.6 Å². The van der Waals surface area contributed by atoms with Crippen LogP contribution in [0.15, 0.2) is 30.3 Å². The summed E-state index contributed by atoms with van der Waals surface area (Å²) < 4.78 is 6.08. The fourth-order valence-corrected chi connectivity index (χ4v) is 3.32. The second kappa shape index (κ2) is 9.60. The Hall–Kier alpha value is -1.83. The lowest BCUT2D eigenvalue weighted by molar-refractivity contribution is 0.0973. The highest BCUT2D eigenvalue weighted by Crippen LogP contribution is 2.34. The van der Waals surface area contributed by atoms with Gasteiger partial charge in [-0.1, -0.05) is 57.4 Å². The van der Waals surface area contributed by atoms with Crippen LogP contribution in [0.25, 0.3) is 10.8 Å². The molecule has 2 nitrogen and oxygen atoms in total. The predicted molar refractivity (Wildman–Crippen MR) is 107 cm³/mol. The van der Waals surface area contributed by atoms with E-state index in [0.717, 1.165) is 42.4 Å². The molecule has 0 spiro atoms. The Morgan fingerprint density at radius 2 is 1.76 bits per heavy atom. The molecule has 25 heavy (non-hydrogen) atoms. The molecule has 0 N–H and O–H groups in total. The molecule has 0 aliphatic rings. The van der Waals surface area contributed by atoms with E-state index in [-0.39, 0.29) is 11.9 Å². The summed E-state index contributed by atoms with van der Waals surface area (Å²) in [5, 5.41) is 2.37. The third-order valence-electron chi connectivity index (χ3n) is 4.55. The van der Waals surface area contributed by atoms with Gasteiger partial charge in [0.05, 0.1) is 11.7 Å². The molecule has 2 rings (SSSR count). The molecule has 0 aromatic heterocycles. The molecule has 0 aliphatic heterocycles. The molecule has 0 amide bonds. The van der Waals surface area contributed by atoms with Crippen LogP contribution in [0.2, 0.25) is 0 Å². The number of carbonyl (C=O) groups excluding carboxylic acids is 1. The van der Waals surface area contributed by atoms with Crippen molar-refractivity contribution in [3.63, 3.8) is 0 Å². The molecule has 2 aromatic rings. The third-order valence-corrected chi connectivity index (χ3v) is 4.55. The number of rotatable bonds is 10. The van der Waals surface area contributed by atoms with Gasteiger partial charge in [-0.15, -0.1) is 0 Å². The van der Waals surface area contributed by atoms with Crippen LogP contribution in [0.4, 0.5) is 0 Å². The summed E-state index contributed by atoms with van der Waals surface area (Å²) in [6.07, 6.45) is 7.04. The lowest BCUT2D eigenvalue weighted by Gasteiger charge is -2.19. The number of fused-ring (bicyclic) bond motifs is 1. The predicted octanol–water partition coefficient (Wildman–Crippen LogP) is 6.73. The molecule has 2 aromatic carbocycles. The highest BCUT2D eigenvalue weighted by atomic mass is 16.5. The van der Waals surface area contributed by atoms with Crippen LogP contribution >= 0.6 is 0 Å². The average Bonchev–Trinajstić information content (AvgIpc) is 2.59. The summed E-state index contributed by atoms with van der Waals surface area (Å²) in [4.78, 5) is 13.0. The minimum absolute atomic E-state index is 0.0578. The van der Waals surface area contributed by atoms with Gasteiger partial charge < -0.3 is 4.74 Å². The van der Waals surface area contributed by atoms with Crippen LogP contribution in [0.5, 0.6) is 5.75 Å². The van der Waals surface area contributed by atoms with Gasteiger partial charge in [0.25, 0.3) is 0 Å². The van der Waals surface area contributed by atoms with E-state index < -0.39 is 0 Å². The van der Waals surface area contributed by atoms with E-state index in [0.29, 0.717) is 6.42 Å².